The Hall–Kier alpha value is -0.570. The third kappa shape index (κ3) is 4.09. The third-order valence-corrected chi connectivity index (χ3v) is 2.65. The van der Waals surface area contributed by atoms with Crippen molar-refractivity contribution in [1.29, 1.82) is 0 Å². The second-order valence-electron chi connectivity index (χ2n) is 4.48. The van der Waals surface area contributed by atoms with E-state index in [1.165, 1.54) is 0 Å². The van der Waals surface area contributed by atoms with Crippen LogP contribution < -0.4 is 10.6 Å². The van der Waals surface area contributed by atoms with Crippen LogP contribution in [0.2, 0.25) is 0 Å². The van der Waals surface area contributed by atoms with Gasteiger partial charge in [-0.05, 0) is 38.1 Å². The topological polar surface area (TPSA) is 41.1 Å². The van der Waals surface area contributed by atoms with E-state index in [4.69, 9.17) is 0 Å². The second kappa shape index (κ2) is 6.02. The van der Waals surface area contributed by atoms with Crippen molar-refractivity contribution in [1.82, 2.24) is 10.6 Å². The molecule has 1 unspecified atom stereocenters. The van der Waals surface area contributed by atoms with Gasteiger partial charge >= 0.3 is 0 Å². The van der Waals surface area contributed by atoms with Crippen LogP contribution in [0.4, 0.5) is 0 Å². The van der Waals surface area contributed by atoms with E-state index < -0.39 is 0 Å². The highest BCUT2D eigenvalue weighted by Crippen LogP contribution is 2.06. The average Bonchev–Trinajstić information content (AvgIpc) is 2.31. The van der Waals surface area contributed by atoms with E-state index in [1.54, 1.807) is 0 Å². The van der Waals surface area contributed by atoms with E-state index in [9.17, 15) is 4.79 Å². The van der Waals surface area contributed by atoms with Crippen LogP contribution in [0.1, 0.15) is 39.5 Å². The van der Waals surface area contributed by atoms with Gasteiger partial charge in [-0.3, -0.25) is 4.79 Å². The fourth-order valence-corrected chi connectivity index (χ4v) is 1.68. The maximum Gasteiger partial charge on any atom is 0.237 e. The minimum Gasteiger partial charge on any atom is -0.355 e. The first-order valence-corrected chi connectivity index (χ1v) is 5.71. The molecule has 1 fully saturated rings. The van der Waals surface area contributed by atoms with Gasteiger partial charge in [0.05, 0.1) is 6.04 Å². The zero-order valence-electron chi connectivity index (χ0n) is 9.31. The van der Waals surface area contributed by atoms with Crippen LogP contribution in [0.5, 0.6) is 0 Å². The van der Waals surface area contributed by atoms with Gasteiger partial charge in [-0.2, -0.15) is 0 Å². The monoisotopic (exact) mass is 198 g/mol. The molecule has 1 heterocycles. The summed E-state index contributed by atoms with van der Waals surface area (Å²) in [4.78, 5) is 11.5. The highest BCUT2D eigenvalue weighted by Gasteiger charge is 2.19. The molecule has 3 heteroatoms. The van der Waals surface area contributed by atoms with Gasteiger partial charge in [0.25, 0.3) is 0 Å². The molecule has 0 saturated carbocycles. The first kappa shape index (κ1) is 11.5. The largest absolute Gasteiger partial charge is 0.355 e. The summed E-state index contributed by atoms with van der Waals surface area (Å²) in [6.07, 6.45) is 4.40. The van der Waals surface area contributed by atoms with Gasteiger partial charge in [0, 0.05) is 6.54 Å². The predicted molar refractivity (Wildman–Crippen MR) is 58.1 cm³/mol. The maximum absolute atomic E-state index is 11.5. The fraction of sp³-hybridized carbons (Fsp3) is 0.909. The number of carbonyl (C=O) groups is 1. The lowest BCUT2D eigenvalue weighted by Crippen LogP contribution is -2.43. The van der Waals surface area contributed by atoms with E-state index in [0.717, 1.165) is 38.8 Å². The molecule has 0 radical (unpaired) electrons. The van der Waals surface area contributed by atoms with Crippen LogP contribution in [0.15, 0.2) is 0 Å². The summed E-state index contributed by atoms with van der Waals surface area (Å²) in [6, 6.07) is 0.0521. The molecule has 14 heavy (non-hydrogen) atoms. The van der Waals surface area contributed by atoms with Crippen LogP contribution in [-0.4, -0.2) is 25.0 Å². The van der Waals surface area contributed by atoms with Crippen molar-refractivity contribution in [2.75, 3.05) is 13.1 Å². The average molecular weight is 198 g/mol. The lowest BCUT2D eigenvalue weighted by molar-refractivity contribution is -0.122. The van der Waals surface area contributed by atoms with Crippen molar-refractivity contribution >= 4 is 5.91 Å². The van der Waals surface area contributed by atoms with E-state index in [1.807, 2.05) is 0 Å². The summed E-state index contributed by atoms with van der Waals surface area (Å²) in [5, 5.41) is 6.26. The smallest absolute Gasteiger partial charge is 0.237 e. The van der Waals surface area contributed by atoms with Crippen molar-refractivity contribution in [3.63, 3.8) is 0 Å². The van der Waals surface area contributed by atoms with Crippen LogP contribution in [0, 0.1) is 5.92 Å². The summed E-state index contributed by atoms with van der Waals surface area (Å²) in [7, 11) is 0. The molecule has 82 valence electrons. The Morgan fingerprint density at radius 2 is 2.29 bits per heavy atom. The Kier molecular flexibility index (Phi) is 4.94. The number of carbonyl (C=O) groups excluding carboxylic acids is 1. The molecule has 1 saturated heterocycles. The number of nitrogens with one attached hydrogen (secondary N) is 2. The number of hydrogen-bond acceptors (Lipinski definition) is 2. The van der Waals surface area contributed by atoms with Crippen molar-refractivity contribution in [3.05, 3.63) is 0 Å². The van der Waals surface area contributed by atoms with Crippen LogP contribution in [-0.2, 0) is 4.79 Å². The van der Waals surface area contributed by atoms with E-state index in [2.05, 4.69) is 24.5 Å². The van der Waals surface area contributed by atoms with Gasteiger partial charge in [-0.1, -0.05) is 13.8 Å². The molecule has 0 aromatic heterocycles. The highest BCUT2D eigenvalue weighted by atomic mass is 16.2. The standard InChI is InChI=1S/C11H22N2O/c1-9(2)6-8-12-10-5-3-4-7-13-11(10)14/h9-10,12H,3-8H2,1-2H3,(H,13,14). The minimum absolute atomic E-state index is 0.0521. The molecule has 1 aliphatic rings. The van der Waals surface area contributed by atoms with Gasteiger partial charge in [0.2, 0.25) is 5.91 Å². The molecule has 2 N–H and O–H groups in total. The van der Waals surface area contributed by atoms with Gasteiger partial charge in [-0.25, -0.2) is 0 Å². The van der Waals surface area contributed by atoms with Gasteiger partial charge < -0.3 is 10.6 Å². The van der Waals surface area contributed by atoms with Crippen molar-refractivity contribution in [2.45, 2.75) is 45.6 Å². The second-order valence-corrected chi connectivity index (χ2v) is 4.48. The summed E-state index contributed by atoms with van der Waals surface area (Å²) in [5.41, 5.74) is 0. The zero-order valence-corrected chi connectivity index (χ0v) is 9.31. The van der Waals surface area contributed by atoms with Crippen molar-refractivity contribution in [3.8, 4) is 0 Å². The van der Waals surface area contributed by atoms with Crippen molar-refractivity contribution in [2.24, 2.45) is 5.92 Å². The quantitative estimate of drug-likeness (QED) is 0.714. The lowest BCUT2D eigenvalue weighted by Gasteiger charge is -2.15. The molecule has 0 aliphatic carbocycles. The molecule has 1 amide bonds. The van der Waals surface area contributed by atoms with Crippen LogP contribution in [0.25, 0.3) is 0 Å². The summed E-state index contributed by atoms with van der Waals surface area (Å²) >= 11 is 0. The van der Waals surface area contributed by atoms with Gasteiger partial charge in [-0.15, -0.1) is 0 Å². The minimum atomic E-state index is 0.0521. The fourth-order valence-electron chi connectivity index (χ4n) is 1.68. The van der Waals surface area contributed by atoms with Crippen molar-refractivity contribution < 1.29 is 4.79 Å². The van der Waals surface area contributed by atoms with E-state index >= 15 is 0 Å². The number of rotatable bonds is 4. The molecule has 1 rings (SSSR count). The molecule has 0 bridgehead atoms. The zero-order chi connectivity index (χ0) is 10.4. The Labute approximate surface area is 86.6 Å². The molecular weight excluding hydrogens is 176 g/mol. The normalized spacial score (nSPS) is 23.4. The Morgan fingerprint density at radius 3 is 3.00 bits per heavy atom. The van der Waals surface area contributed by atoms with Gasteiger partial charge in [0.1, 0.15) is 0 Å². The predicted octanol–water partition coefficient (Wildman–Crippen LogP) is 1.29. The van der Waals surface area contributed by atoms with E-state index in [0.29, 0.717) is 5.92 Å². The molecule has 0 aromatic rings. The first-order valence-electron chi connectivity index (χ1n) is 5.71. The molecule has 0 spiro atoms. The van der Waals surface area contributed by atoms with E-state index in [-0.39, 0.29) is 11.9 Å². The number of hydrogen-bond donors (Lipinski definition) is 2. The molecular formula is C11H22N2O. The Morgan fingerprint density at radius 1 is 1.50 bits per heavy atom. The summed E-state index contributed by atoms with van der Waals surface area (Å²) < 4.78 is 0. The maximum atomic E-state index is 11.5. The Bertz CT molecular complexity index is 180. The molecule has 0 aromatic carbocycles. The first-order chi connectivity index (χ1) is 6.70. The molecule has 1 atom stereocenters. The third-order valence-electron chi connectivity index (χ3n) is 2.65. The highest BCUT2D eigenvalue weighted by molar-refractivity contribution is 5.81. The lowest BCUT2D eigenvalue weighted by atomic mass is 10.1. The molecule has 1 aliphatic heterocycles. The van der Waals surface area contributed by atoms with Gasteiger partial charge in [0.15, 0.2) is 0 Å². The number of amides is 1. The summed E-state index contributed by atoms with van der Waals surface area (Å²) in [5.74, 6) is 0.891. The molecule has 3 nitrogen and oxygen atoms in total. The summed E-state index contributed by atoms with van der Waals surface area (Å²) in [6.45, 7) is 6.21. The van der Waals surface area contributed by atoms with Crippen LogP contribution in [0.3, 0.4) is 0 Å². The Balaban J connectivity index is 2.23. The SMILES string of the molecule is CC(C)CCNC1CCCCNC1=O. The van der Waals surface area contributed by atoms with Crippen LogP contribution >= 0.6 is 0 Å².